The zero-order valence-corrected chi connectivity index (χ0v) is 14.1. The van der Waals surface area contributed by atoms with Crippen LogP contribution in [0.1, 0.15) is 29.2 Å². The summed E-state index contributed by atoms with van der Waals surface area (Å²) in [5, 5.41) is 3.11. The van der Waals surface area contributed by atoms with Crippen molar-refractivity contribution in [2.45, 2.75) is 30.3 Å². The van der Waals surface area contributed by atoms with Crippen LogP contribution in [-0.4, -0.2) is 23.2 Å². The van der Waals surface area contributed by atoms with E-state index in [1.807, 2.05) is 23.1 Å². The van der Waals surface area contributed by atoms with Crippen molar-refractivity contribution < 1.29 is 9.18 Å². The van der Waals surface area contributed by atoms with Crippen LogP contribution < -0.4 is 5.32 Å². The number of amides is 2. The highest BCUT2D eigenvalue weighted by Gasteiger charge is 2.26. The summed E-state index contributed by atoms with van der Waals surface area (Å²) in [5.74, 6) is 0.689. The van der Waals surface area contributed by atoms with Gasteiger partial charge >= 0.3 is 6.03 Å². The number of nitrogens with one attached hydrogen (secondary N) is 1. The molecule has 2 amide bonds. The highest BCUT2D eigenvalue weighted by Crippen LogP contribution is 2.36. The van der Waals surface area contributed by atoms with Gasteiger partial charge in [0.25, 0.3) is 0 Å². The van der Waals surface area contributed by atoms with E-state index in [0.717, 1.165) is 35.6 Å². The van der Waals surface area contributed by atoms with Gasteiger partial charge in [-0.25, -0.2) is 9.18 Å². The minimum atomic E-state index is -0.248. The average Bonchev–Trinajstić information content (AvgIpc) is 2.62. The van der Waals surface area contributed by atoms with Crippen molar-refractivity contribution in [2.24, 2.45) is 0 Å². The van der Waals surface area contributed by atoms with Crippen LogP contribution >= 0.6 is 11.8 Å². The largest absolute Gasteiger partial charge is 0.331 e. The lowest BCUT2D eigenvalue weighted by Gasteiger charge is -2.32. The van der Waals surface area contributed by atoms with Crippen molar-refractivity contribution in [3.63, 3.8) is 0 Å². The molecular weight excluding hydrogens is 323 g/mol. The van der Waals surface area contributed by atoms with Crippen LogP contribution in [0.5, 0.6) is 0 Å². The first kappa shape index (κ1) is 15.5. The zero-order chi connectivity index (χ0) is 16.5. The first-order chi connectivity index (χ1) is 11.7. The molecule has 4 rings (SSSR count). The Morgan fingerprint density at radius 2 is 2.04 bits per heavy atom. The lowest BCUT2D eigenvalue weighted by Crippen LogP contribution is -2.44. The Bertz CT molecular complexity index is 780. The van der Waals surface area contributed by atoms with Gasteiger partial charge in [0.15, 0.2) is 0 Å². The molecule has 0 bridgehead atoms. The summed E-state index contributed by atoms with van der Waals surface area (Å²) in [7, 11) is 0. The van der Waals surface area contributed by atoms with Gasteiger partial charge in [-0.2, -0.15) is 0 Å². The summed E-state index contributed by atoms with van der Waals surface area (Å²) in [4.78, 5) is 15.6. The predicted molar refractivity (Wildman–Crippen MR) is 93.6 cm³/mol. The molecule has 0 fully saturated rings. The van der Waals surface area contributed by atoms with Gasteiger partial charge in [0.05, 0.1) is 6.04 Å². The van der Waals surface area contributed by atoms with Crippen LogP contribution in [0.15, 0.2) is 47.4 Å². The zero-order valence-electron chi connectivity index (χ0n) is 13.3. The number of fused-ring (bicyclic) bond motifs is 2. The molecule has 0 radical (unpaired) electrons. The Kier molecular flexibility index (Phi) is 4.19. The van der Waals surface area contributed by atoms with Crippen molar-refractivity contribution in [2.75, 3.05) is 12.3 Å². The van der Waals surface area contributed by atoms with E-state index in [4.69, 9.17) is 0 Å². The van der Waals surface area contributed by atoms with Gasteiger partial charge in [-0.3, -0.25) is 0 Å². The van der Waals surface area contributed by atoms with Gasteiger partial charge in [-0.05, 0) is 47.7 Å². The van der Waals surface area contributed by atoms with E-state index in [9.17, 15) is 9.18 Å². The third-order valence-corrected chi connectivity index (χ3v) is 5.85. The number of urea groups is 1. The van der Waals surface area contributed by atoms with Crippen LogP contribution in [-0.2, 0) is 13.0 Å². The molecule has 3 nitrogen and oxygen atoms in total. The second-order valence-corrected chi connectivity index (χ2v) is 7.40. The first-order valence-electron chi connectivity index (χ1n) is 8.25. The maximum atomic E-state index is 13.6. The fourth-order valence-corrected chi connectivity index (χ4v) is 4.53. The molecule has 0 aromatic heterocycles. The molecule has 0 saturated heterocycles. The van der Waals surface area contributed by atoms with Gasteiger partial charge in [-0.1, -0.05) is 24.3 Å². The van der Waals surface area contributed by atoms with E-state index in [0.29, 0.717) is 6.54 Å². The Labute approximate surface area is 145 Å². The number of carbonyl (C=O) groups is 1. The number of halogens is 1. The summed E-state index contributed by atoms with van der Waals surface area (Å²) in [5.41, 5.74) is 3.43. The molecule has 0 unspecified atom stereocenters. The SMILES string of the molecule is O=C(N[C@H]1CCSc2ccc(F)cc21)N1CCc2ccccc2C1. The van der Waals surface area contributed by atoms with Crippen LogP contribution in [0.3, 0.4) is 0 Å². The number of nitrogens with zero attached hydrogens (tertiary/aromatic N) is 1. The molecule has 2 aliphatic heterocycles. The molecular formula is C19H19FN2OS. The van der Waals surface area contributed by atoms with E-state index >= 15 is 0 Å². The third kappa shape index (κ3) is 3.00. The lowest BCUT2D eigenvalue weighted by molar-refractivity contribution is 0.187. The molecule has 2 aromatic rings. The highest BCUT2D eigenvalue weighted by atomic mass is 32.2. The summed E-state index contributed by atoms with van der Waals surface area (Å²) >= 11 is 1.72. The quantitative estimate of drug-likeness (QED) is 0.845. The molecule has 1 N–H and O–H groups in total. The van der Waals surface area contributed by atoms with E-state index in [1.165, 1.54) is 17.2 Å². The van der Waals surface area contributed by atoms with Crippen LogP contribution in [0.4, 0.5) is 9.18 Å². The van der Waals surface area contributed by atoms with Crippen molar-refractivity contribution in [1.29, 1.82) is 0 Å². The van der Waals surface area contributed by atoms with Crippen molar-refractivity contribution in [3.05, 3.63) is 65.0 Å². The standard InChI is InChI=1S/C19H19FN2OS/c20-15-5-6-18-16(11-15)17(8-10-24-18)21-19(23)22-9-7-13-3-1-2-4-14(13)12-22/h1-6,11,17H,7-10,12H2,(H,21,23)/t17-/m0/s1. The Hall–Kier alpha value is -2.01. The molecule has 0 spiro atoms. The van der Waals surface area contributed by atoms with Gasteiger partial charge in [0.1, 0.15) is 5.82 Å². The number of carbonyl (C=O) groups excluding carboxylic acids is 1. The number of benzene rings is 2. The van der Waals surface area contributed by atoms with Gasteiger partial charge < -0.3 is 10.2 Å². The third-order valence-electron chi connectivity index (χ3n) is 4.73. The number of rotatable bonds is 1. The number of hydrogen-bond acceptors (Lipinski definition) is 2. The number of thioether (sulfide) groups is 1. The van der Waals surface area contributed by atoms with E-state index in [1.54, 1.807) is 17.8 Å². The summed E-state index contributed by atoms with van der Waals surface area (Å²) in [6, 6.07) is 12.9. The molecule has 5 heteroatoms. The van der Waals surface area contributed by atoms with E-state index in [2.05, 4.69) is 17.4 Å². The summed E-state index contributed by atoms with van der Waals surface area (Å²) in [6.45, 7) is 1.36. The van der Waals surface area contributed by atoms with E-state index in [-0.39, 0.29) is 17.9 Å². The Balaban J connectivity index is 1.49. The van der Waals surface area contributed by atoms with E-state index < -0.39 is 0 Å². The summed E-state index contributed by atoms with van der Waals surface area (Å²) < 4.78 is 13.6. The minimum Gasteiger partial charge on any atom is -0.331 e. The molecule has 2 aliphatic rings. The predicted octanol–water partition coefficient (Wildman–Crippen LogP) is 4.13. The normalized spacial score (nSPS) is 19.4. The molecule has 2 aromatic carbocycles. The minimum absolute atomic E-state index is 0.0587. The molecule has 24 heavy (non-hydrogen) atoms. The fraction of sp³-hybridized carbons (Fsp3) is 0.316. The van der Waals surface area contributed by atoms with Crippen LogP contribution in [0.2, 0.25) is 0 Å². The number of hydrogen-bond donors (Lipinski definition) is 1. The monoisotopic (exact) mass is 342 g/mol. The fourth-order valence-electron chi connectivity index (χ4n) is 3.42. The van der Waals surface area contributed by atoms with Crippen molar-refractivity contribution in [1.82, 2.24) is 10.2 Å². The highest BCUT2D eigenvalue weighted by molar-refractivity contribution is 7.99. The maximum Gasteiger partial charge on any atom is 0.318 e. The second kappa shape index (κ2) is 6.48. The topological polar surface area (TPSA) is 32.3 Å². The molecule has 1 atom stereocenters. The second-order valence-electron chi connectivity index (χ2n) is 6.26. The van der Waals surface area contributed by atoms with Gasteiger partial charge in [-0.15, -0.1) is 11.8 Å². The molecule has 124 valence electrons. The first-order valence-corrected chi connectivity index (χ1v) is 9.24. The lowest BCUT2D eigenvalue weighted by atomic mass is 10.00. The molecule has 2 heterocycles. The maximum absolute atomic E-state index is 13.6. The Morgan fingerprint density at radius 1 is 1.21 bits per heavy atom. The molecule has 0 aliphatic carbocycles. The van der Waals surface area contributed by atoms with Gasteiger partial charge in [0.2, 0.25) is 0 Å². The molecule has 0 saturated carbocycles. The van der Waals surface area contributed by atoms with Crippen molar-refractivity contribution >= 4 is 17.8 Å². The average molecular weight is 342 g/mol. The Morgan fingerprint density at radius 3 is 2.92 bits per heavy atom. The van der Waals surface area contributed by atoms with Gasteiger partial charge in [0, 0.05) is 23.7 Å². The smallest absolute Gasteiger partial charge is 0.318 e. The van der Waals surface area contributed by atoms with Crippen LogP contribution in [0.25, 0.3) is 0 Å². The summed E-state index contributed by atoms with van der Waals surface area (Å²) in [6.07, 6.45) is 1.71. The van der Waals surface area contributed by atoms with Crippen LogP contribution in [0, 0.1) is 5.82 Å². The van der Waals surface area contributed by atoms with Crippen molar-refractivity contribution in [3.8, 4) is 0 Å².